The predicted octanol–water partition coefficient (Wildman–Crippen LogP) is 10.2. The quantitative estimate of drug-likeness (QED) is 0.0268. The van der Waals surface area contributed by atoms with Crippen LogP contribution in [0.3, 0.4) is 0 Å². The number of allylic oxidation sites excluding steroid dienone is 12. The Morgan fingerprint density at radius 1 is 0.564 bits per heavy atom. The van der Waals surface area contributed by atoms with E-state index in [1.54, 1.807) is 21.1 Å². The number of carboxylic acids is 1. The Morgan fingerprint density at radius 2 is 1.04 bits per heavy atom. The Morgan fingerprint density at radius 3 is 1.58 bits per heavy atom. The van der Waals surface area contributed by atoms with Crippen molar-refractivity contribution < 1.29 is 38.2 Å². The zero-order chi connectivity index (χ0) is 40.7. The van der Waals surface area contributed by atoms with Crippen molar-refractivity contribution in [3.05, 3.63) is 72.9 Å². The van der Waals surface area contributed by atoms with E-state index in [1.807, 2.05) is 0 Å². The van der Waals surface area contributed by atoms with Crippen LogP contribution in [0.1, 0.15) is 155 Å². The smallest absolute Gasteiger partial charge is 0.306 e. The standard InChI is InChI=1S/C47H79NO7/c1-6-8-10-12-14-16-18-20-22-23-24-26-28-30-32-34-36-38-46(50)55-43(41-53-40-39-44(47(51)52)48(3,4)5)42-54-45(49)37-35-33-31-29-27-25-21-19-17-15-13-11-9-7-2/h8,10,14,16,20,22,24-27,30,32,43-44H,6-7,9,11-13,15,17-19,21,23,28-29,31,33-42H2,1-5H3/b10-8+,16-14+,22-20+,26-24+,27-25+,32-30+. The minimum Gasteiger partial charge on any atom is -0.544 e. The van der Waals surface area contributed by atoms with Crippen molar-refractivity contribution >= 4 is 17.9 Å². The highest BCUT2D eigenvalue weighted by atomic mass is 16.6. The average Bonchev–Trinajstić information content (AvgIpc) is 3.14. The van der Waals surface area contributed by atoms with Crippen LogP contribution in [-0.2, 0) is 28.6 Å². The molecule has 0 aliphatic heterocycles. The first-order valence-electron chi connectivity index (χ1n) is 21.5. The van der Waals surface area contributed by atoms with Gasteiger partial charge in [-0.3, -0.25) is 9.59 Å². The van der Waals surface area contributed by atoms with Gasteiger partial charge in [0.2, 0.25) is 0 Å². The first-order chi connectivity index (χ1) is 26.6. The number of hydrogen-bond donors (Lipinski definition) is 0. The highest BCUT2D eigenvalue weighted by Crippen LogP contribution is 2.12. The molecule has 314 valence electrons. The molecule has 0 aromatic rings. The van der Waals surface area contributed by atoms with Crippen LogP contribution in [0.25, 0.3) is 0 Å². The second kappa shape index (κ2) is 37.7. The fourth-order valence-corrected chi connectivity index (χ4v) is 5.75. The third-order valence-corrected chi connectivity index (χ3v) is 9.08. The Hall–Kier alpha value is -3.23. The van der Waals surface area contributed by atoms with Gasteiger partial charge in [0, 0.05) is 19.3 Å². The molecular weight excluding hydrogens is 691 g/mol. The van der Waals surface area contributed by atoms with Crippen LogP contribution in [-0.4, -0.2) is 75.5 Å². The fraction of sp³-hybridized carbons (Fsp3) is 0.681. The Kier molecular flexibility index (Phi) is 35.5. The minimum atomic E-state index is -1.14. The van der Waals surface area contributed by atoms with Gasteiger partial charge in [0.25, 0.3) is 0 Å². The van der Waals surface area contributed by atoms with Crippen molar-refractivity contribution in [1.29, 1.82) is 0 Å². The highest BCUT2D eigenvalue weighted by molar-refractivity contribution is 5.70. The molecule has 0 N–H and O–H groups in total. The summed E-state index contributed by atoms with van der Waals surface area (Å²) in [5.74, 6) is -1.84. The van der Waals surface area contributed by atoms with Crippen molar-refractivity contribution in [3.8, 4) is 0 Å². The van der Waals surface area contributed by atoms with Gasteiger partial charge in [-0.1, -0.05) is 132 Å². The molecule has 0 aliphatic carbocycles. The maximum atomic E-state index is 12.7. The number of rotatable bonds is 37. The van der Waals surface area contributed by atoms with Crippen LogP contribution in [0.5, 0.6) is 0 Å². The van der Waals surface area contributed by atoms with E-state index >= 15 is 0 Å². The zero-order valence-electron chi connectivity index (χ0n) is 35.6. The predicted molar refractivity (Wildman–Crippen MR) is 226 cm³/mol. The van der Waals surface area contributed by atoms with Crippen molar-refractivity contribution in [2.75, 3.05) is 41.0 Å². The molecule has 2 atom stereocenters. The monoisotopic (exact) mass is 770 g/mol. The second-order valence-corrected chi connectivity index (χ2v) is 15.2. The number of nitrogens with zero attached hydrogens (tertiary/aromatic N) is 1. The number of carboxylic acid groups (broad SMARTS) is 1. The van der Waals surface area contributed by atoms with E-state index in [4.69, 9.17) is 14.2 Å². The number of aliphatic carboxylic acids is 1. The molecule has 55 heavy (non-hydrogen) atoms. The van der Waals surface area contributed by atoms with E-state index in [1.165, 1.54) is 44.9 Å². The lowest BCUT2D eigenvalue weighted by molar-refractivity contribution is -0.889. The van der Waals surface area contributed by atoms with E-state index in [9.17, 15) is 19.5 Å². The van der Waals surface area contributed by atoms with Gasteiger partial charge in [0.15, 0.2) is 6.10 Å². The van der Waals surface area contributed by atoms with Gasteiger partial charge in [-0.15, -0.1) is 0 Å². The summed E-state index contributed by atoms with van der Waals surface area (Å²) in [4.78, 5) is 36.8. The topological polar surface area (TPSA) is 102 Å². The summed E-state index contributed by atoms with van der Waals surface area (Å²) in [7, 11) is 5.37. The first kappa shape index (κ1) is 51.8. The molecule has 0 rings (SSSR count). The normalized spacial score (nSPS) is 13.7. The SMILES string of the molecule is CC/C=C/C/C=C/C/C=C/C/C=C/C/C=C/CCCC(=O)OC(COCCC(C(=O)[O-])[N+](C)(C)C)COC(=O)CCCCC/C=C/CCCCCCCCC. The number of carbonyl (C=O) groups excluding carboxylic acids is 3. The van der Waals surface area contributed by atoms with E-state index < -0.39 is 18.1 Å². The van der Waals surface area contributed by atoms with E-state index in [-0.39, 0.29) is 49.1 Å². The molecule has 0 radical (unpaired) electrons. The molecule has 0 aromatic carbocycles. The minimum absolute atomic E-state index is 0.00981. The lowest BCUT2D eigenvalue weighted by Gasteiger charge is -2.34. The lowest BCUT2D eigenvalue weighted by Crippen LogP contribution is -2.55. The number of unbranched alkanes of at least 4 members (excludes halogenated alkanes) is 11. The van der Waals surface area contributed by atoms with Crippen LogP contribution in [0.15, 0.2) is 72.9 Å². The summed E-state index contributed by atoms with van der Waals surface area (Å²) < 4.78 is 17.1. The highest BCUT2D eigenvalue weighted by Gasteiger charge is 2.25. The largest absolute Gasteiger partial charge is 0.544 e. The summed E-state index contributed by atoms with van der Waals surface area (Å²) in [6, 6.07) is -0.740. The summed E-state index contributed by atoms with van der Waals surface area (Å²) >= 11 is 0. The summed E-state index contributed by atoms with van der Waals surface area (Å²) in [5, 5.41) is 11.6. The molecule has 0 fully saturated rings. The maximum absolute atomic E-state index is 12.7. The van der Waals surface area contributed by atoms with Gasteiger partial charge in [0.05, 0.1) is 40.3 Å². The Bertz CT molecular complexity index is 1130. The number of ether oxygens (including phenoxy) is 3. The summed E-state index contributed by atoms with van der Waals surface area (Å²) in [6.45, 7) is 4.45. The zero-order valence-corrected chi connectivity index (χ0v) is 35.6. The number of hydrogen-bond acceptors (Lipinski definition) is 7. The molecule has 0 aromatic heterocycles. The van der Waals surface area contributed by atoms with E-state index in [0.29, 0.717) is 12.8 Å². The first-order valence-corrected chi connectivity index (χ1v) is 21.5. The average molecular weight is 770 g/mol. The number of carbonyl (C=O) groups is 3. The third-order valence-electron chi connectivity index (χ3n) is 9.08. The van der Waals surface area contributed by atoms with Crippen LogP contribution in [0, 0.1) is 0 Å². The van der Waals surface area contributed by atoms with Crippen LogP contribution in [0.2, 0.25) is 0 Å². The van der Waals surface area contributed by atoms with Gasteiger partial charge in [-0.05, 0) is 77.0 Å². The van der Waals surface area contributed by atoms with Gasteiger partial charge in [-0.2, -0.15) is 0 Å². The van der Waals surface area contributed by atoms with Gasteiger partial charge in [-0.25, -0.2) is 0 Å². The second-order valence-electron chi connectivity index (χ2n) is 15.2. The number of quaternary nitrogens is 1. The summed E-state index contributed by atoms with van der Waals surface area (Å²) in [6.07, 6.45) is 46.5. The van der Waals surface area contributed by atoms with Crippen molar-refractivity contribution in [1.82, 2.24) is 0 Å². The van der Waals surface area contributed by atoms with E-state index in [0.717, 1.165) is 70.6 Å². The molecule has 0 heterocycles. The molecule has 2 unspecified atom stereocenters. The lowest BCUT2D eigenvalue weighted by atomic mass is 10.1. The fourth-order valence-electron chi connectivity index (χ4n) is 5.75. The number of likely N-dealkylation sites (N-methyl/N-ethyl adjacent to an activating group) is 1. The van der Waals surface area contributed by atoms with Gasteiger partial charge in [0.1, 0.15) is 12.6 Å². The van der Waals surface area contributed by atoms with E-state index in [2.05, 4.69) is 86.8 Å². The van der Waals surface area contributed by atoms with Crippen LogP contribution in [0.4, 0.5) is 0 Å². The molecule has 8 heteroatoms. The molecule has 0 saturated carbocycles. The molecule has 0 spiro atoms. The van der Waals surface area contributed by atoms with Crippen molar-refractivity contribution in [3.63, 3.8) is 0 Å². The van der Waals surface area contributed by atoms with Gasteiger partial charge < -0.3 is 28.6 Å². The van der Waals surface area contributed by atoms with Crippen LogP contribution < -0.4 is 5.11 Å². The van der Waals surface area contributed by atoms with Gasteiger partial charge >= 0.3 is 11.9 Å². The molecule has 0 saturated heterocycles. The molecule has 0 aliphatic rings. The van der Waals surface area contributed by atoms with Crippen LogP contribution >= 0.6 is 0 Å². The third kappa shape index (κ3) is 36.2. The maximum Gasteiger partial charge on any atom is 0.306 e. The van der Waals surface area contributed by atoms with Crippen molar-refractivity contribution in [2.24, 2.45) is 0 Å². The van der Waals surface area contributed by atoms with Crippen molar-refractivity contribution in [2.45, 2.75) is 167 Å². The molecule has 0 bridgehead atoms. The number of esters is 2. The summed E-state index contributed by atoms with van der Waals surface area (Å²) in [5.41, 5.74) is 0. The molecule has 8 nitrogen and oxygen atoms in total. The molecule has 0 amide bonds. The Balaban J connectivity index is 4.51. The molecular formula is C47H79NO7. The Labute approximate surface area is 336 Å².